The fourth-order valence-corrected chi connectivity index (χ4v) is 1.84. The van der Waals surface area contributed by atoms with E-state index in [0.717, 1.165) is 0 Å². The lowest BCUT2D eigenvalue weighted by Crippen LogP contribution is -2.20. The maximum atomic E-state index is 12.1. The van der Waals surface area contributed by atoms with Crippen LogP contribution in [0.4, 0.5) is 13.2 Å². The average Bonchev–Trinajstić information content (AvgIpc) is 2.15. The molecule has 2 nitrogen and oxygen atoms in total. The van der Waals surface area contributed by atoms with Crippen molar-refractivity contribution in [2.75, 3.05) is 7.11 Å². The van der Waals surface area contributed by atoms with Crippen LogP contribution in [0.25, 0.3) is 0 Å². The average molecular weight is 298 g/mol. The van der Waals surface area contributed by atoms with Crippen LogP contribution in [0, 0.1) is 0 Å². The molecule has 0 spiro atoms. The van der Waals surface area contributed by atoms with Crippen LogP contribution in [0.1, 0.15) is 18.0 Å². The minimum Gasteiger partial charge on any atom is -0.496 e. The van der Waals surface area contributed by atoms with Crippen molar-refractivity contribution in [3.05, 3.63) is 28.2 Å². The second kappa shape index (κ2) is 5.05. The van der Waals surface area contributed by atoms with E-state index in [0.29, 0.717) is 15.8 Å². The number of methoxy groups -OCH3 is 1. The molecule has 0 radical (unpaired) electrons. The third-order valence-electron chi connectivity index (χ3n) is 2.06. The van der Waals surface area contributed by atoms with E-state index in [1.54, 1.807) is 6.07 Å². The van der Waals surface area contributed by atoms with Crippen LogP contribution in [-0.2, 0) is 0 Å². The Labute approximate surface area is 99.7 Å². The molecular formula is C10H11BrF3NO. The molecule has 1 rings (SSSR count). The van der Waals surface area contributed by atoms with Crippen molar-refractivity contribution in [2.24, 2.45) is 5.73 Å². The molecule has 0 aromatic heterocycles. The lowest BCUT2D eigenvalue weighted by atomic mass is 10.0. The smallest absolute Gasteiger partial charge is 0.390 e. The fraction of sp³-hybridized carbons (Fsp3) is 0.400. The van der Waals surface area contributed by atoms with E-state index in [1.807, 2.05) is 0 Å². The van der Waals surface area contributed by atoms with Gasteiger partial charge in [0.15, 0.2) is 0 Å². The number of hydrogen-bond donors (Lipinski definition) is 1. The normalized spacial score (nSPS) is 13.6. The van der Waals surface area contributed by atoms with Gasteiger partial charge in [0, 0.05) is 6.04 Å². The molecule has 0 aliphatic heterocycles. The third kappa shape index (κ3) is 3.68. The van der Waals surface area contributed by atoms with Crippen molar-refractivity contribution in [1.29, 1.82) is 0 Å². The fourth-order valence-electron chi connectivity index (χ4n) is 1.28. The van der Waals surface area contributed by atoms with E-state index in [4.69, 9.17) is 10.5 Å². The molecule has 16 heavy (non-hydrogen) atoms. The van der Waals surface area contributed by atoms with Crippen LogP contribution in [0.5, 0.6) is 5.75 Å². The Balaban J connectivity index is 2.85. The molecule has 1 atom stereocenters. The van der Waals surface area contributed by atoms with Gasteiger partial charge >= 0.3 is 6.18 Å². The van der Waals surface area contributed by atoms with E-state index in [-0.39, 0.29) is 0 Å². The molecule has 1 unspecified atom stereocenters. The van der Waals surface area contributed by atoms with Crippen molar-refractivity contribution in [3.63, 3.8) is 0 Å². The van der Waals surface area contributed by atoms with Crippen LogP contribution in [0.3, 0.4) is 0 Å². The van der Waals surface area contributed by atoms with Crippen molar-refractivity contribution in [2.45, 2.75) is 18.6 Å². The maximum Gasteiger partial charge on any atom is 0.390 e. The molecule has 0 bridgehead atoms. The molecule has 0 fully saturated rings. The zero-order valence-electron chi connectivity index (χ0n) is 8.51. The summed E-state index contributed by atoms with van der Waals surface area (Å²) in [6, 6.07) is 3.59. The largest absolute Gasteiger partial charge is 0.496 e. The Morgan fingerprint density at radius 2 is 2.06 bits per heavy atom. The predicted octanol–water partition coefficient (Wildman–Crippen LogP) is 3.41. The number of nitrogens with two attached hydrogens (primary N) is 1. The van der Waals surface area contributed by atoms with E-state index in [2.05, 4.69) is 15.9 Å². The first-order chi connectivity index (χ1) is 7.33. The molecule has 0 aliphatic rings. The standard InChI is InChI=1S/C10H11BrF3NO/c1-16-9-3-2-6(4-7(9)11)8(15)5-10(12,13)14/h2-4,8H,5,15H2,1H3. The Hall–Kier alpha value is -0.750. The summed E-state index contributed by atoms with van der Waals surface area (Å²) in [7, 11) is 1.48. The highest BCUT2D eigenvalue weighted by Gasteiger charge is 2.31. The first kappa shape index (κ1) is 13.3. The van der Waals surface area contributed by atoms with Crippen LogP contribution in [0.15, 0.2) is 22.7 Å². The van der Waals surface area contributed by atoms with E-state index >= 15 is 0 Å². The molecular weight excluding hydrogens is 287 g/mol. The molecule has 1 aromatic rings. The highest BCUT2D eigenvalue weighted by molar-refractivity contribution is 9.10. The summed E-state index contributed by atoms with van der Waals surface area (Å²) in [4.78, 5) is 0. The summed E-state index contributed by atoms with van der Waals surface area (Å²) in [5, 5.41) is 0. The number of ether oxygens (including phenoxy) is 1. The van der Waals surface area contributed by atoms with Gasteiger partial charge < -0.3 is 10.5 Å². The highest BCUT2D eigenvalue weighted by Crippen LogP contribution is 2.32. The molecule has 0 saturated heterocycles. The molecule has 6 heteroatoms. The lowest BCUT2D eigenvalue weighted by Gasteiger charge is -2.15. The molecule has 0 heterocycles. The highest BCUT2D eigenvalue weighted by atomic mass is 79.9. The van der Waals surface area contributed by atoms with Gasteiger partial charge in [0.05, 0.1) is 18.0 Å². The van der Waals surface area contributed by atoms with Gasteiger partial charge in [0.2, 0.25) is 0 Å². The van der Waals surface area contributed by atoms with Gasteiger partial charge in [-0.25, -0.2) is 0 Å². The van der Waals surface area contributed by atoms with Crippen molar-refractivity contribution < 1.29 is 17.9 Å². The first-order valence-electron chi connectivity index (χ1n) is 4.49. The van der Waals surface area contributed by atoms with E-state index in [1.165, 1.54) is 19.2 Å². The summed E-state index contributed by atoms with van der Waals surface area (Å²) in [5.41, 5.74) is 5.88. The molecule has 2 N–H and O–H groups in total. The van der Waals surface area contributed by atoms with Gasteiger partial charge in [0.1, 0.15) is 5.75 Å². The van der Waals surface area contributed by atoms with Gasteiger partial charge in [-0.05, 0) is 33.6 Å². The van der Waals surface area contributed by atoms with Crippen molar-refractivity contribution >= 4 is 15.9 Å². The van der Waals surface area contributed by atoms with E-state index in [9.17, 15) is 13.2 Å². The van der Waals surface area contributed by atoms with Crippen molar-refractivity contribution in [1.82, 2.24) is 0 Å². The van der Waals surface area contributed by atoms with Gasteiger partial charge in [0.25, 0.3) is 0 Å². The third-order valence-corrected chi connectivity index (χ3v) is 2.68. The van der Waals surface area contributed by atoms with Crippen LogP contribution in [0.2, 0.25) is 0 Å². The number of halogens is 4. The Morgan fingerprint density at radius 1 is 1.44 bits per heavy atom. The summed E-state index contributed by atoms with van der Waals surface area (Å²) in [5.74, 6) is 0.558. The lowest BCUT2D eigenvalue weighted by molar-refractivity contribution is -0.138. The second-order valence-electron chi connectivity index (χ2n) is 3.32. The summed E-state index contributed by atoms with van der Waals surface area (Å²) in [6.07, 6.45) is -5.29. The first-order valence-corrected chi connectivity index (χ1v) is 5.28. The monoisotopic (exact) mass is 297 g/mol. The Bertz CT molecular complexity index is 368. The molecule has 1 aromatic carbocycles. The minimum absolute atomic E-state index is 0.421. The Kier molecular flexibility index (Phi) is 4.21. The Morgan fingerprint density at radius 3 is 2.50 bits per heavy atom. The summed E-state index contributed by atoms with van der Waals surface area (Å²) in [6.45, 7) is 0. The number of alkyl halides is 3. The van der Waals surface area contributed by atoms with Crippen LogP contribution in [-0.4, -0.2) is 13.3 Å². The molecule has 0 saturated carbocycles. The van der Waals surface area contributed by atoms with Gasteiger partial charge in [-0.1, -0.05) is 6.07 Å². The summed E-state index contributed by atoms with van der Waals surface area (Å²) >= 11 is 3.19. The SMILES string of the molecule is COc1ccc(C(N)CC(F)(F)F)cc1Br. The second-order valence-corrected chi connectivity index (χ2v) is 4.17. The van der Waals surface area contributed by atoms with Gasteiger partial charge in [-0.3, -0.25) is 0 Å². The maximum absolute atomic E-state index is 12.1. The summed E-state index contributed by atoms with van der Waals surface area (Å²) < 4.78 is 41.9. The predicted molar refractivity (Wildman–Crippen MR) is 58.3 cm³/mol. The van der Waals surface area contributed by atoms with Gasteiger partial charge in [-0.15, -0.1) is 0 Å². The zero-order valence-corrected chi connectivity index (χ0v) is 10.1. The quantitative estimate of drug-likeness (QED) is 0.928. The molecule has 0 amide bonds. The van der Waals surface area contributed by atoms with Crippen molar-refractivity contribution in [3.8, 4) is 5.75 Å². The van der Waals surface area contributed by atoms with Gasteiger partial charge in [-0.2, -0.15) is 13.2 Å². The van der Waals surface area contributed by atoms with E-state index < -0.39 is 18.6 Å². The topological polar surface area (TPSA) is 35.2 Å². The van der Waals surface area contributed by atoms with Crippen LogP contribution >= 0.6 is 15.9 Å². The molecule has 90 valence electrons. The molecule has 0 aliphatic carbocycles. The minimum atomic E-state index is -4.26. The number of rotatable bonds is 3. The number of hydrogen-bond acceptors (Lipinski definition) is 2. The zero-order chi connectivity index (χ0) is 12.3. The van der Waals surface area contributed by atoms with Crippen LogP contribution < -0.4 is 10.5 Å². The number of benzene rings is 1.